The van der Waals surface area contributed by atoms with Crippen molar-refractivity contribution >= 4 is 11.6 Å². The highest BCUT2D eigenvalue weighted by Gasteiger charge is 2.28. The normalized spacial score (nSPS) is 20.4. The average molecular weight is 246 g/mol. The van der Waals surface area contributed by atoms with E-state index in [2.05, 4.69) is 4.98 Å². The van der Waals surface area contributed by atoms with Crippen molar-refractivity contribution in [3.8, 4) is 5.88 Å². The zero-order chi connectivity index (χ0) is 12.4. The smallest absolute Gasteiger partial charge is 0.265 e. The number of hydrogen-bond acceptors (Lipinski definition) is 3. The van der Waals surface area contributed by atoms with Crippen LogP contribution in [0.2, 0.25) is 0 Å². The van der Waals surface area contributed by atoms with E-state index in [-0.39, 0.29) is 12.5 Å². The highest BCUT2D eigenvalue weighted by atomic mass is 16.5. The SMILES string of the molecule is O=C1COc2ncccc2N1CC1CCCCC1. The first-order chi connectivity index (χ1) is 8.84. The molecule has 0 bridgehead atoms. The van der Waals surface area contributed by atoms with Crippen LogP contribution < -0.4 is 9.64 Å². The van der Waals surface area contributed by atoms with Crippen LogP contribution in [0, 0.1) is 5.92 Å². The average Bonchev–Trinajstić information content (AvgIpc) is 2.43. The number of carbonyl (C=O) groups excluding carboxylic acids is 1. The van der Waals surface area contributed by atoms with E-state index in [0.29, 0.717) is 11.8 Å². The van der Waals surface area contributed by atoms with Crippen LogP contribution in [0.3, 0.4) is 0 Å². The van der Waals surface area contributed by atoms with Gasteiger partial charge in [0.05, 0.1) is 0 Å². The van der Waals surface area contributed by atoms with E-state index < -0.39 is 0 Å². The van der Waals surface area contributed by atoms with E-state index in [9.17, 15) is 4.79 Å². The number of nitrogens with zero attached hydrogens (tertiary/aromatic N) is 2. The maximum absolute atomic E-state index is 12.0. The summed E-state index contributed by atoms with van der Waals surface area (Å²) in [6.07, 6.45) is 8.10. The van der Waals surface area contributed by atoms with Gasteiger partial charge < -0.3 is 9.64 Å². The third kappa shape index (κ3) is 2.19. The molecule has 1 aliphatic heterocycles. The summed E-state index contributed by atoms with van der Waals surface area (Å²) in [4.78, 5) is 18.0. The molecule has 1 fully saturated rings. The van der Waals surface area contributed by atoms with Gasteiger partial charge in [0.2, 0.25) is 5.88 Å². The Bertz CT molecular complexity index is 441. The van der Waals surface area contributed by atoms with Gasteiger partial charge in [0.15, 0.2) is 6.61 Å². The lowest BCUT2D eigenvalue weighted by atomic mass is 9.89. The molecule has 4 heteroatoms. The molecule has 0 spiro atoms. The molecule has 1 amide bonds. The summed E-state index contributed by atoms with van der Waals surface area (Å²) in [6, 6.07) is 3.77. The predicted molar refractivity (Wildman–Crippen MR) is 68.7 cm³/mol. The van der Waals surface area contributed by atoms with Crippen LogP contribution in [-0.2, 0) is 4.79 Å². The van der Waals surface area contributed by atoms with Crippen LogP contribution in [0.5, 0.6) is 5.88 Å². The first kappa shape index (κ1) is 11.5. The number of pyridine rings is 1. The summed E-state index contributed by atoms with van der Waals surface area (Å²) in [5, 5.41) is 0. The molecular weight excluding hydrogens is 228 g/mol. The Labute approximate surface area is 107 Å². The molecule has 2 aliphatic rings. The third-order valence-corrected chi connectivity index (χ3v) is 3.84. The molecule has 18 heavy (non-hydrogen) atoms. The van der Waals surface area contributed by atoms with Gasteiger partial charge in [0.1, 0.15) is 5.69 Å². The first-order valence-electron chi connectivity index (χ1n) is 6.73. The molecule has 0 unspecified atom stereocenters. The third-order valence-electron chi connectivity index (χ3n) is 3.84. The predicted octanol–water partition coefficient (Wildman–Crippen LogP) is 2.39. The van der Waals surface area contributed by atoms with Gasteiger partial charge in [-0.05, 0) is 30.9 Å². The largest absolute Gasteiger partial charge is 0.466 e. The molecule has 96 valence electrons. The number of fused-ring (bicyclic) bond motifs is 1. The molecule has 4 nitrogen and oxygen atoms in total. The lowest BCUT2D eigenvalue weighted by Gasteiger charge is -2.32. The molecule has 0 N–H and O–H groups in total. The molecule has 1 aliphatic carbocycles. The van der Waals surface area contributed by atoms with Crippen LogP contribution in [-0.4, -0.2) is 24.0 Å². The number of anilines is 1. The molecule has 1 aromatic heterocycles. The molecule has 3 rings (SSSR count). The first-order valence-corrected chi connectivity index (χ1v) is 6.73. The van der Waals surface area contributed by atoms with Crippen LogP contribution in [0.15, 0.2) is 18.3 Å². The molecule has 1 aromatic rings. The van der Waals surface area contributed by atoms with Crippen molar-refractivity contribution in [2.45, 2.75) is 32.1 Å². The fourth-order valence-corrected chi connectivity index (χ4v) is 2.87. The molecule has 0 aromatic carbocycles. The van der Waals surface area contributed by atoms with Crippen LogP contribution in [0.4, 0.5) is 5.69 Å². The van der Waals surface area contributed by atoms with E-state index >= 15 is 0 Å². The Morgan fingerprint density at radius 2 is 2.17 bits per heavy atom. The summed E-state index contributed by atoms with van der Waals surface area (Å²) in [6.45, 7) is 0.942. The second-order valence-corrected chi connectivity index (χ2v) is 5.12. The summed E-state index contributed by atoms with van der Waals surface area (Å²) in [5.41, 5.74) is 0.833. The van der Waals surface area contributed by atoms with Crippen LogP contribution >= 0.6 is 0 Å². The van der Waals surface area contributed by atoms with Gasteiger partial charge in [-0.1, -0.05) is 19.3 Å². The highest BCUT2D eigenvalue weighted by molar-refractivity contribution is 5.97. The lowest BCUT2D eigenvalue weighted by Crippen LogP contribution is -2.42. The van der Waals surface area contributed by atoms with Crippen molar-refractivity contribution in [2.24, 2.45) is 5.92 Å². The number of ether oxygens (including phenoxy) is 1. The van der Waals surface area contributed by atoms with Crippen molar-refractivity contribution in [1.82, 2.24) is 4.98 Å². The van der Waals surface area contributed by atoms with E-state index in [4.69, 9.17) is 4.74 Å². The summed E-state index contributed by atoms with van der Waals surface area (Å²) < 4.78 is 5.35. The molecule has 0 saturated heterocycles. The molecule has 0 atom stereocenters. The zero-order valence-electron chi connectivity index (χ0n) is 10.5. The van der Waals surface area contributed by atoms with Crippen molar-refractivity contribution in [1.29, 1.82) is 0 Å². The Morgan fingerprint density at radius 1 is 1.33 bits per heavy atom. The Kier molecular flexibility index (Phi) is 3.17. The fraction of sp³-hybridized carbons (Fsp3) is 0.571. The minimum Gasteiger partial charge on any atom is -0.466 e. The van der Waals surface area contributed by atoms with E-state index in [1.165, 1.54) is 32.1 Å². The number of amides is 1. The van der Waals surface area contributed by atoms with Crippen molar-refractivity contribution in [2.75, 3.05) is 18.1 Å². The topological polar surface area (TPSA) is 42.4 Å². The van der Waals surface area contributed by atoms with Crippen LogP contribution in [0.1, 0.15) is 32.1 Å². The lowest BCUT2D eigenvalue weighted by molar-refractivity contribution is -0.121. The minimum atomic E-state index is 0.0565. The van der Waals surface area contributed by atoms with Gasteiger partial charge in [-0.3, -0.25) is 4.79 Å². The summed E-state index contributed by atoms with van der Waals surface area (Å²) >= 11 is 0. The van der Waals surface area contributed by atoms with Crippen molar-refractivity contribution in [3.63, 3.8) is 0 Å². The van der Waals surface area contributed by atoms with Crippen molar-refractivity contribution in [3.05, 3.63) is 18.3 Å². The standard InChI is InChI=1S/C14H18N2O2/c17-13-10-18-14-12(7-4-8-15-14)16(13)9-11-5-2-1-3-6-11/h4,7-8,11H,1-3,5-6,9-10H2. The van der Waals surface area contributed by atoms with Gasteiger partial charge in [-0.15, -0.1) is 0 Å². The number of rotatable bonds is 2. The van der Waals surface area contributed by atoms with Gasteiger partial charge in [0, 0.05) is 12.7 Å². The minimum absolute atomic E-state index is 0.0565. The summed E-state index contributed by atoms with van der Waals surface area (Å²) in [5.74, 6) is 1.28. The Morgan fingerprint density at radius 3 is 3.00 bits per heavy atom. The highest BCUT2D eigenvalue weighted by Crippen LogP contribution is 2.32. The van der Waals surface area contributed by atoms with Gasteiger partial charge in [-0.25, -0.2) is 4.98 Å². The number of hydrogen-bond donors (Lipinski definition) is 0. The molecule has 2 heterocycles. The maximum Gasteiger partial charge on any atom is 0.265 e. The van der Waals surface area contributed by atoms with E-state index in [1.54, 1.807) is 6.20 Å². The Balaban J connectivity index is 1.79. The fourth-order valence-electron chi connectivity index (χ4n) is 2.87. The van der Waals surface area contributed by atoms with Crippen molar-refractivity contribution < 1.29 is 9.53 Å². The van der Waals surface area contributed by atoms with E-state index in [0.717, 1.165) is 12.2 Å². The van der Waals surface area contributed by atoms with Gasteiger partial charge in [-0.2, -0.15) is 0 Å². The second-order valence-electron chi connectivity index (χ2n) is 5.12. The van der Waals surface area contributed by atoms with Crippen LogP contribution in [0.25, 0.3) is 0 Å². The number of carbonyl (C=O) groups is 1. The summed E-state index contributed by atoms with van der Waals surface area (Å²) in [7, 11) is 0. The Hall–Kier alpha value is -1.58. The van der Waals surface area contributed by atoms with E-state index in [1.807, 2.05) is 17.0 Å². The second kappa shape index (κ2) is 4.96. The monoisotopic (exact) mass is 246 g/mol. The number of aromatic nitrogens is 1. The molecular formula is C14H18N2O2. The molecule has 0 radical (unpaired) electrons. The molecule has 1 saturated carbocycles. The zero-order valence-corrected chi connectivity index (χ0v) is 10.5. The quantitative estimate of drug-likeness (QED) is 0.804. The van der Waals surface area contributed by atoms with Gasteiger partial charge >= 0.3 is 0 Å². The van der Waals surface area contributed by atoms with Gasteiger partial charge in [0.25, 0.3) is 5.91 Å². The maximum atomic E-state index is 12.0.